The van der Waals surface area contributed by atoms with Gasteiger partial charge in [0.05, 0.1) is 49.6 Å². The van der Waals surface area contributed by atoms with E-state index in [9.17, 15) is 15.0 Å². The van der Waals surface area contributed by atoms with Crippen LogP contribution in [0.1, 0.15) is 22.6 Å². The van der Waals surface area contributed by atoms with Crippen LogP contribution < -0.4 is 9.47 Å². The zero-order chi connectivity index (χ0) is 26.3. The number of ether oxygens (including phenoxy) is 3. The number of likely N-dealkylation sites (tertiary alicyclic amines) is 1. The first kappa shape index (κ1) is 24.1. The number of benzene rings is 2. The summed E-state index contributed by atoms with van der Waals surface area (Å²) in [7, 11) is 1.49. The molecule has 3 aromatic rings. The summed E-state index contributed by atoms with van der Waals surface area (Å²) in [6.45, 7) is 2.43. The molecule has 1 amide bonds. The van der Waals surface area contributed by atoms with Crippen LogP contribution in [0.5, 0.6) is 11.5 Å². The molecule has 7 rings (SSSR count). The number of pyridine rings is 1. The van der Waals surface area contributed by atoms with Gasteiger partial charge in [0.25, 0.3) is 0 Å². The van der Waals surface area contributed by atoms with Gasteiger partial charge in [-0.15, -0.1) is 0 Å². The Hall–Kier alpha value is -2.98. The molecule has 4 heterocycles. The predicted molar refractivity (Wildman–Crippen MR) is 140 cm³/mol. The molecule has 196 valence electrons. The predicted octanol–water partition coefficient (Wildman–Crippen LogP) is 2.96. The Labute approximate surface area is 228 Å². The third-order valence-electron chi connectivity index (χ3n) is 8.78. The fraction of sp³-hybridized carbons (Fsp3) is 0.379. The minimum Gasteiger partial charge on any atom is -0.495 e. The molecular weight excluding hydrogens is 552 g/mol. The van der Waals surface area contributed by atoms with Gasteiger partial charge in [-0.2, -0.15) is 0 Å². The van der Waals surface area contributed by atoms with Gasteiger partial charge < -0.3 is 29.3 Å². The van der Waals surface area contributed by atoms with Crippen LogP contribution in [0.4, 0.5) is 0 Å². The lowest BCUT2D eigenvalue weighted by molar-refractivity contribution is -0.200. The Morgan fingerprint density at radius 3 is 2.45 bits per heavy atom. The van der Waals surface area contributed by atoms with Crippen molar-refractivity contribution in [3.8, 4) is 11.5 Å². The minimum atomic E-state index is -2.01. The van der Waals surface area contributed by atoms with E-state index in [0.717, 1.165) is 10.0 Å². The molecule has 0 radical (unpaired) electrons. The van der Waals surface area contributed by atoms with Gasteiger partial charge in [-0.3, -0.25) is 9.78 Å². The van der Waals surface area contributed by atoms with Crippen molar-refractivity contribution in [2.24, 2.45) is 11.3 Å². The lowest BCUT2D eigenvalue weighted by atomic mass is 9.70. The molecule has 1 spiro atoms. The van der Waals surface area contributed by atoms with Gasteiger partial charge >= 0.3 is 0 Å². The van der Waals surface area contributed by atoms with Gasteiger partial charge in [-0.05, 0) is 23.3 Å². The molecule has 5 atom stereocenters. The second-order valence-electron chi connectivity index (χ2n) is 10.9. The van der Waals surface area contributed by atoms with Crippen LogP contribution in [-0.2, 0) is 20.7 Å². The van der Waals surface area contributed by atoms with E-state index in [0.29, 0.717) is 43.2 Å². The van der Waals surface area contributed by atoms with Crippen molar-refractivity contribution in [2.45, 2.75) is 23.2 Å². The highest BCUT2D eigenvalue weighted by Crippen LogP contribution is 2.70. The fourth-order valence-electron chi connectivity index (χ4n) is 7.07. The SMILES string of the molecule is COc1cncc2c1[C@]1(O)[C@H](O)[C@H](C(=O)N3CC4(COC4)C3)C(c3ccccc3)[C@]1(c1ccc(Br)cc1)O2. The van der Waals surface area contributed by atoms with Crippen LogP contribution in [0, 0.1) is 11.3 Å². The Balaban J connectivity index is 1.46. The Bertz CT molecular complexity index is 1410. The normalized spacial score (nSPS) is 32.1. The molecule has 0 bridgehead atoms. The summed E-state index contributed by atoms with van der Waals surface area (Å²) >= 11 is 3.50. The highest BCUT2D eigenvalue weighted by Gasteiger charge is 2.78. The van der Waals surface area contributed by atoms with Crippen molar-refractivity contribution < 1.29 is 29.2 Å². The summed E-state index contributed by atoms with van der Waals surface area (Å²) < 4.78 is 18.6. The molecule has 3 fully saturated rings. The molecule has 4 aliphatic rings. The first-order chi connectivity index (χ1) is 18.3. The number of carbonyl (C=O) groups excluding carboxylic acids is 1. The lowest BCUT2D eigenvalue weighted by Gasteiger charge is -2.55. The van der Waals surface area contributed by atoms with Crippen LogP contribution in [0.2, 0.25) is 0 Å². The number of fused-ring (bicyclic) bond motifs is 3. The highest BCUT2D eigenvalue weighted by molar-refractivity contribution is 9.10. The number of halogens is 1. The summed E-state index contributed by atoms with van der Waals surface area (Å²) in [4.78, 5) is 20.2. The number of aliphatic hydroxyl groups is 2. The number of hydrogen-bond acceptors (Lipinski definition) is 7. The Morgan fingerprint density at radius 2 is 1.82 bits per heavy atom. The molecule has 1 aromatic heterocycles. The van der Waals surface area contributed by atoms with Crippen molar-refractivity contribution >= 4 is 21.8 Å². The molecule has 1 aliphatic carbocycles. The third-order valence-corrected chi connectivity index (χ3v) is 9.31. The third kappa shape index (κ3) is 2.96. The average Bonchev–Trinajstić information content (AvgIpc) is 3.26. The van der Waals surface area contributed by atoms with Gasteiger partial charge in [0.1, 0.15) is 17.6 Å². The van der Waals surface area contributed by atoms with Crippen LogP contribution >= 0.6 is 15.9 Å². The van der Waals surface area contributed by atoms with Gasteiger partial charge in [-0.25, -0.2) is 0 Å². The van der Waals surface area contributed by atoms with Gasteiger partial charge in [0, 0.05) is 23.5 Å². The number of amides is 1. The Morgan fingerprint density at radius 1 is 1.11 bits per heavy atom. The topological polar surface area (TPSA) is 101 Å². The minimum absolute atomic E-state index is 0.00954. The van der Waals surface area contributed by atoms with Crippen molar-refractivity contribution in [3.05, 3.63) is 88.2 Å². The molecule has 38 heavy (non-hydrogen) atoms. The summed E-state index contributed by atoms with van der Waals surface area (Å²) in [6, 6.07) is 17.0. The van der Waals surface area contributed by atoms with E-state index in [4.69, 9.17) is 14.2 Å². The van der Waals surface area contributed by atoms with Crippen molar-refractivity contribution in [1.82, 2.24) is 9.88 Å². The van der Waals surface area contributed by atoms with E-state index in [1.807, 2.05) is 54.6 Å². The number of methoxy groups -OCH3 is 1. The fourth-order valence-corrected chi connectivity index (χ4v) is 7.33. The zero-order valence-corrected chi connectivity index (χ0v) is 22.3. The molecule has 3 aliphatic heterocycles. The Kier molecular flexibility index (Phi) is 5.23. The van der Waals surface area contributed by atoms with Crippen LogP contribution in [0.3, 0.4) is 0 Å². The van der Waals surface area contributed by atoms with Gasteiger partial charge in [0.15, 0.2) is 11.2 Å². The maximum atomic E-state index is 14.2. The highest BCUT2D eigenvalue weighted by atomic mass is 79.9. The monoisotopic (exact) mass is 578 g/mol. The van der Waals surface area contributed by atoms with Gasteiger partial charge in [-0.1, -0.05) is 58.4 Å². The quantitative estimate of drug-likeness (QED) is 0.491. The summed E-state index contributed by atoms with van der Waals surface area (Å²) in [5.74, 6) is -1.30. The van der Waals surface area contributed by atoms with E-state index in [-0.39, 0.29) is 17.1 Å². The second kappa shape index (κ2) is 8.26. The largest absolute Gasteiger partial charge is 0.495 e. The smallest absolute Gasteiger partial charge is 0.229 e. The molecule has 1 unspecified atom stereocenters. The van der Waals surface area contributed by atoms with Crippen LogP contribution in [0.15, 0.2) is 71.5 Å². The summed E-state index contributed by atoms with van der Waals surface area (Å²) in [5, 5.41) is 25.0. The van der Waals surface area contributed by atoms with Crippen molar-refractivity contribution in [3.63, 3.8) is 0 Å². The molecule has 2 N–H and O–H groups in total. The average molecular weight is 579 g/mol. The first-order valence-corrected chi connectivity index (χ1v) is 13.4. The number of rotatable bonds is 4. The van der Waals surface area contributed by atoms with E-state index >= 15 is 0 Å². The molecule has 2 saturated heterocycles. The maximum absolute atomic E-state index is 14.2. The van der Waals surface area contributed by atoms with Gasteiger partial charge in [0.2, 0.25) is 5.91 Å². The summed E-state index contributed by atoms with van der Waals surface area (Å²) in [5.41, 5.74) is -1.81. The zero-order valence-electron chi connectivity index (χ0n) is 20.7. The maximum Gasteiger partial charge on any atom is 0.229 e. The number of aromatic nitrogens is 1. The first-order valence-electron chi connectivity index (χ1n) is 12.6. The number of nitrogens with zero attached hydrogens (tertiary/aromatic N) is 2. The molecule has 8 nitrogen and oxygen atoms in total. The van der Waals surface area contributed by atoms with E-state index in [2.05, 4.69) is 20.9 Å². The van der Waals surface area contributed by atoms with E-state index in [1.165, 1.54) is 19.5 Å². The lowest BCUT2D eigenvalue weighted by Crippen LogP contribution is -2.68. The molecular formula is C29H27BrN2O6. The molecule has 9 heteroatoms. The van der Waals surface area contributed by atoms with E-state index < -0.39 is 29.1 Å². The van der Waals surface area contributed by atoms with E-state index in [1.54, 1.807) is 4.90 Å². The number of carbonyl (C=O) groups is 1. The van der Waals surface area contributed by atoms with Crippen molar-refractivity contribution in [2.75, 3.05) is 33.4 Å². The second-order valence-corrected chi connectivity index (χ2v) is 11.8. The molecule has 1 saturated carbocycles. The summed E-state index contributed by atoms with van der Waals surface area (Å²) in [6.07, 6.45) is 1.53. The van der Waals surface area contributed by atoms with Crippen LogP contribution in [0.25, 0.3) is 0 Å². The number of aliphatic hydroxyl groups excluding tert-OH is 1. The molecule has 2 aromatic carbocycles. The van der Waals surface area contributed by atoms with Crippen molar-refractivity contribution in [1.29, 1.82) is 0 Å². The standard InChI is InChI=1S/C29H27BrN2O6/c1-36-20-11-31-12-21-24(20)28(35)25(33)22(26(34)32-13-27(14-32)15-37-16-27)23(17-5-3-2-4-6-17)29(28,38-21)18-7-9-19(30)10-8-18/h2-12,22-23,25,33,35H,13-16H2,1H3/t22-,23?,25-,28+,29+/m1/s1. The number of hydrogen-bond donors (Lipinski definition) is 2. The van der Waals surface area contributed by atoms with Crippen LogP contribution in [-0.4, -0.2) is 65.5 Å².